The average Bonchev–Trinajstić information content (AvgIpc) is 3.52. The summed E-state index contributed by atoms with van der Waals surface area (Å²) >= 11 is 0. The number of fused-ring (bicyclic) bond motifs is 2. The summed E-state index contributed by atoms with van der Waals surface area (Å²) in [6, 6.07) is 11.3. The van der Waals surface area contributed by atoms with Crippen molar-refractivity contribution < 1.29 is 18.8 Å². The monoisotopic (exact) mass is 475 g/mol. The van der Waals surface area contributed by atoms with Crippen LogP contribution in [0.15, 0.2) is 54.9 Å². The van der Waals surface area contributed by atoms with E-state index >= 15 is 0 Å². The van der Waals surface area contributed by atoms with Gasteiger partial charge in [-0.05, 0) is 54.7 Å². The van der Waals surface area contributed by atoms with Crippen molar-refractivity contribution in [3.63, 3.8) is 0 Å². The molecule has 0 unspecified atom stereocenters. The van der Waals surface area contributed by atoms with Crippen molar-refractivity contribution in [2.45, 2.75) is 31.7 Å². The van der Waals surface area contributed by atoms with E-state index in [4.69, 9.17) is 0 Å². The molecule has 0 aliphatic carbocycles. The van der Waals surface area contributed by atoms with Crippen molar-refractivity contribution >= 4 is 39.7 Å². The van der Waals surface area contributed by atoms with Gasteiger partial charge in [0.15, 0.2) is 0 Å². The summed E-state index contributed by atoms with van der Waals surface area (Å²) in [5.41, 5.74) is 3.82. The van der Waals surface area contributed by atoms with Crippen LogP contribution in [0.1, 0.15) is 24.0 Å². The van der Waals surface area contributed by atoms with E-state index < -0.39 is 12.1 Å². The van der Waals surface area contributed by atoms with Gasteiger partial charge in [-0.25, -0.2) is 9.18 Å². The zero-order valence-electron chi connectivity index (χ0n) is 19.1. The molecule has 0 spiro atoms. The molecular formula is C26H26FN5O3. The molecular weight excluding hydrogens is 449 g/mol. The molecule has 1 fully saturated rings. The van der Waals surface area contributed by atoms with Crippen molar-refractivity contribution in [3.8, 4) is 0 Å². The number of benzene rings is 2. The quantitative estimate of drug-likeness (QED) is 0.279. The number of aromatic amines is 2. The molecule has 0 radical (unpaired) electrons. The zero-order valence-corrected chi connectivity index (χ0v) is 19.1. The second-order valence-electron chi connectivity index (χ2n) is 8.74. The highest BCUT2D eigenvalue weighted by molar-refractivity contribution is 6.04. The lowest BCUT2D eigenvalue weighted by Gasteiger charge is -2.12. The van der Waals surface area contributed by atoms with Gasteiger partial charge in [0.2, 0.25) is 5.91 Å². The van der Waals surface area contributed by atoms with E-state index in [0.29, 0.717) is 19.4 Å². The summed E-state index contributed by atoms with van der Waals surface area (Å²) < 4.78 is 13.6. The number of amides is 4. The highest BCUT2D eigenvalue weighted by atomic mass is 19.1. The lowest BCUT2D eigenvalue weighted by Crippen LogP contribution is -2.34. The van der Waals surface area contributed by atoms with E-state index in [1.807, 2.05) is 30.5 Å². The van der Waals surface area contributed by atoms with Crippen molar-refractivity contribution in [1.29, 1.82) is 0 Å². The number of halogens is 1. The van der Waals surface area contributed by atoms with Crippen LogP contribution in [-0.4, -0.2) is 51.8 Å². The second-order valence-corrected chi connectivity index (χ2v) is 8.74. The fourth-order valence-electron chi connectivity index (χ4n) is 4.61. The highest BCUT2D eigenvalue weighted by Gasteiger charge is 2.37. The van der Waals surface area contributed by atoms with Gasteiger partial charge < -0.3 is 20.6 Å². The molecule has 3 heterocycles. The first kappa shape index (κ1) is 22.6. The molecule has 1 saturated heterocycles. The van der Waals surface area contributed by atoms with Crippen LogP contribution < -0.4 is 10.6 Å². The van der Waals surface area contributed by atoms with Gasteiger partial charge in [0, 0.05) is 53.7 Å². The normalized spacial score (nSPS) is 15.8. The summed E-state index contributed by atoms with van der Waals surface area (Å²) in [4.78, 5) is 44.8. The predicted molar refractivity (Wildman–Crippen MR) is 130 cm³/mol. The maximum Gasteiger partial charge on any atom is 0.324 e. The lowest BCUT2D eigenvalue weighted by molar-refractivity contribution is -0.127. The number of aromatic nitrogens is 2. The summed E-state index contributed by atoms with van der Waals surface area (Å²) in [5.74, 6) is -0.841. The van der Waals surface area contributed by atoms with E-state index in [1.165, 1.54) is 12.1 Å². The number of urea groups is 1. The minimum Gasteiger partial charge on any atom is -0.361 e. The van der Waals surface area contributed by atoms with E-state index in [1.54, 1.807) is 12.3 Å². The van der Waals surface area contributed by atoms with Crippen LogP contribution in [0.5, 0.6) is 0 Å². The average molecular weight is 476 g/mol. The van der Waals surface area contributed by atoms with Crippen molar-refractivity contribution in [1.82, 2.24) is 25.5 Å². The van der Waals surface area contributed by atoms with Gasteiger partial charge in [-0.3, -0.25) is 14.5 Å². The van der Waals surface area contributed by atoms with E-state index in [9.17, 15) is 18.8 Å². The molecule has 8 nitrogen and oxygen atoms in total. The maximum atomic E-state index is 13.6. The van der Waals surface area contributed by atoms with Crippen LogP contribution in [0.4, 0.5) is 9.18 Å². The van der Waals surface area contributed by atoms with E-state index in [2.05, 4.69) is 20.6 Å². The molecule has 9 heteroatoms. The lowest BCUT2D eigenvalue weighted by atomic mass is 10.1. The van der Waals surface area contributed by atoms with Gasteiger partial charge in [0.25, 0.3) is 5.91 Å². The molecule has 1 aliphatic heterocycles. The number of rotatable bonds is 9. The Labute approximate surface area is 200 Å². The standard InChI is InChI=1S/C26H26FN5O3/c27-18-5-6-22-20(13-18)17(15-30-22)10-12-32-25(34)23(31-26(32)35)7-8-24(33)28-11-9-16-14-29-21-4-2-1-3-19(16)21/h1-6,13-15,23,29-30H,7-12H2,(H,28,33)(H,31,35)/t23-/m0/s1. The highest BCUT2D eigenvalue weighted by Crippen LogP contribution is 2.21. The van der Waals surface area contributed by atoms with Gasteiger partial charge in [-0.2, -0.15) is 0 Å². The van der Waals surface area contributed by atoms with E-state index in [0.717, 1.165) is 37.8 Å². The Bertz CT molecular complexity index is 1410. The van der Waals surface area contributed by atoms with Crippen molar-refractivity contribution in [3.05, 3.63) is 71.8 Å². The Balaban J connectivity index is 1.09. The van der Waals surface area contributed by atoms with Crippen LogP contribution in [0.25, 0.3) is 21.8 Å². The predicted octanol–water partition coefficient (Wildman–Crippen LogP) is 3.39. The van der Waals surface area contributed by atoms with Crippen LogP contribution >= 0.6 is 0 Å². The number of nitrogens with zero attached hydrogens (tertiary/aromatic N) is 1. The summed E-state index contributed by atoms with van der Waals surface area (Å²) in [7, 11) is 0. The number of H-pyrrole nitrogens is 2. The third-order valence-electron chi connectivity index (χ3n) is 6.49. The summed E-state index contributed by atoms with van der Waals surface area (Å²) in [5, 5.41) is 7.43. The molecule has 5 rings (SSSR count). The van der Waals surface area contributed by atoms with Crippen LogP contribution in [0.2, 0.25) is 0 Å². The number of hydrogen-bond donors (Lipinski definition) is 4. The first-order chi connectivity index (χ1) is 17.0. The number of imide groups is 1. The third kappa shape index (κ3) is 4.75. The Morgan fingerprint density at radius 1 is 0.971 bits per heavy atom. The third-order valence-corrected chi connectivity index (χ3v) is 6.49. The minimum atomic E-state index is -0.720. The summed E-state index contributed by atoms with van der Waals surface area (Å²) in [6.07, 6.45) is 5.19. The second kappa shape index (κ2) is 9.61. The van der Waals surface area contributed by atoms with E-state index in [-0.39, 0.29) is 37.0 Å². The van der Waals surface area contributed by atoms with Crippen LogP contribution in [0, 0.1) is 5.82 Å². The molecule has 180 valence electrons. The minimum absolute atomic E-state index is 0.139. The molecule has 2 aromatic carbocycles. The molecule has 0 bridgehead atoms. The van der Waals surface area contributed by atoms with Gasteiger partial charge in [-0.1, -0.05) is 18.2 Å². The molecule has 35 heavy (non-hydrogen) atoms. The van der Waals surface area contributed by atoms with Gasteiger partial charge >= 0.3 is 6.03 Å². The SMILES string of the molecule is O=C(CC[C@@H]1NC(=O)N(CCc2c[nH]c3ccc(F)cc23)C1=O)NCCc1c[nH]c2ccccc12. The summed E-state index contributed by atoms with van der Waals surface area (Å²) in [6.45, 7) is 0.671. The molecule has 4 aromatic rings. The van der Waals surface area contributed by atoms with Crippen LogP contribution in [-0.2, 0) is 22.4 Å². The fourth-order valence-corrected chi connectivity index (χ4v) is 4.61. The molecule has 2 aromatic heterocycles. The topological polar surface area (TPSA) is 110 Å². The number of hydrogen-bond acceptors (Lipinski definition) is 3. The first-order valence-corrected chi connectivity index (χ1v) is 11.7. The number of para-hydroxylation sites is 1. The number of carbonyl (C=O) groups excluding carboxylic acids is 3. The molecule has 1 atom stereocenters. The molecule has 4 N–H and O–H groups in total. The maximum absolute atomic E-state index is 13.6. The van der Waals surface area contributed by atoms with Gasteiger partial charge in [0.05, 0.1) is 0 Å². The zero-order chi connectivity index (χ0) is 24.4. The Hall–Kier alpha value is -4.14. The van der Waals surface area contributed by atoms with Crippen LogP contribution in [0.3, 0.4) is 0 Å². The Morgan fingerprint density at radius 3 is 2.54 bits per heavy atom. The Morgan fingerprint density at radius 2 is 1.71 bits per heavy atom. The molecule has 1 aliphatic rings. The molecule has 4 amide bonds. The number of nitrogens with one attached hydrogen (secondary N) is 4. The van der Waals surface area contributed by atoms with Gasteiger partial charge in [-0.15, -0.1) is 0 Å². The fraction of sp³-hybridized carbons (Fsp3) is 0.269. The smallest absolute Gasteiger partial charge is 0.324 e. The largest absolute Gasteiger partial charge is 0.361 e. The van der Waals surface area contributed by atoms with Gasteiger partial charge in [0.1, 0.15) is 11.9 Å². The number of carbonyl (C=O) groups is 3. The Kier molecular flexibility index (Phi) is 6.22. The van der Waals surface area contributed by atoms with Crippen molar-refractivity contribution in [2.24, 2.45) is 0 Å². The first-order valence-electron chi connectivity index (χ1n) is 11.7. The van der Waals surface area contributed by atoms with Crippen molar-refractivity contribution in [2.75, 3.05) is 13.1 Å². The molecule has 0 saturated carbocycles.